The van der Waals surface area contributed by atoms with Crippen molar-refractivity contribution in [2.24, 2.45) is 0 Å². The Labute approximate surface area is 253 Å². The molecule has 228 valence electrons. The molecule has 0 saturated carbocycles. The number of rotatable bonds is 3. The van der Waals surface area contributed by atoms with Crippen molar-refractivity contribution in [3.63, 3.8) is 0 Å². The van der Waals surface area contributed by atoms with Crippen LogP contribution < -0.4 is 15.0 Å². The zero-order chi connectivity index (χ0) is 30.4. The second-order valence-electron chi connectivity index (χ2n) is 11.9. The predicted octanol–water partition coefficient (Wildman–Crippen LogP) is 4.48. The first-order chi connectivity index (χ1) is 21.4. The molecule has 4 fully saturated rings. The van der Waals surface area contributed by atoms with Crippen LogP contribution in [0.3, 0.4) is 0 Å². The summed E-state index contributed by atoms with van der Waals surface area (Å²) in [5.74, 6) is 1.75. The van der Waals surface area contributed by atoms with Crippen LogP contribution in [-0.2, 0) is 4.74 Å². The van der Waals surface area contributed by atoms with Crippen LogP contribution >= 0.6 is 0 Å². The van der Waals surface area contributed by atoms with Crippen LogP contribution in [0.1, 0.15) is 24.8 Å². The van der Waals surface area contributed by atoms with Crippen molar-refractivity contribution in [3.8, 4) is 29.6 Å². The number of piperazine rings is 1. The first-order valence-corrected chi connectivity index (χ1v) is 14.9. The number of halogens is 3. The van der Waals surface area contributed by atoms with Gasteiger partial charge in [0.2, 0.25) is 0 Å². The molecule has 0 radical (unpaired) electrons. The van der Waals surface area contributed by atoms with Crippen molar-refractivity contribution < 1.29 is 22.6 Å². The summed E-state index contributed by atoms with van der Waals surface area (Å²) in [7, 11) is 1.44. The Morgan fingerprint density at radius 1 is 1.16 bits per heavy atom. The molecule has 0 bridgehead atoms. The molecular weight excluding hydrogens is 569 g/mol. The Bertz CT molecular complexity index is 1760. The van der Waals surface area contributed by atoms with E-state index in [0.29, 0.717) is 66.4 Å². The summed E-state index contributed by atoms with van der Waals surface area (Å²) in [6, 6.07) is 8.81. The van der Waals surface area contributed by atoms with Crippen molar-refractivity contribution in [2.75, 3.05) is 57.9 Å². The highest BCUT2D eigenvalue weighted by Crippen LogP contribution is 2.37. The molecule has 1 spiro atoms. The number of terminal acetylenes is 1. The number of hydrogen-bond acceptors (Lipinski definition) is 8. The van der Waals surface area contributed by atoms with Crippen LogP contribution in [0.5, 0.6) is 6.01 Å². The molecule has 0 amide bonds. The third-order valence-corrected chi connectivity index (χ3v) is 9.11. The average molecular weight is 603 g/mol. The van der Waals surface area contributed by atoms with Gasteiger partial charge in [-0.2, -0.15) is 9.97 Å². The van der Waals surface area contributed by atoms with Crippen molar-refractivity contribution in [1.29, 1.82) is 0 Å². The maximum atomic E-state index is 16.1. The van der Waals surface area contributed by atoms with Gasteiger partial charge in [0, 0.05) is 49.4 Å². The fourth-order valence-electron chi connectivity index (χ4n) is 6.94. The summed E-state index contributed by atoms with van der Waals surface area (Å²) >= 11 is 0. The highest BCUT2D eigenvalue weighted by Gasteiger charge is 2.43. The molecule has 2 unspecified atom stereocenters. The lowest BCUT2D eigenvalue weighted by Gasteiger charge is -2.49. The minimum absolute atomic E-state index is 0.0288. The van der Waals surface area contributed by atoms with Crippen LogP contribution in [0.4, 0.5) is 19.0 Å². The molecule has 4 aromatic rings. The minimum Gasteiger partial charge on any atom is -0.467 e. The maximum Gasteiger partial charge on any atom is 0.318 e. The Balaban J connectivity index is 0.000000296. The number of benzene rings is 2. The van der Waals surface area contributed by atoms with Crippen molar-refractivity contribution in [3.05, 3.63) is 53.7 Å². The number of ether oxygens (including phenoxy) is 2. The van der Waals surface area contributed by atoms with E-state index in [0.717, 1.165) is 19.5 Å². The van der Waals surface area contributed by atoms with Gasteiger partial charge in [-0.25, -0.2) is 13.2 Å². The number of pyridine rings is 1. The topological polar surface area (TPSA) is 75.6 Å². The van der Waals surface area contributed by atoms with E-state index >= 15 is 4.39 Å². The van der Waals surface area contributed by atoms with Gasteiger partial charge < -0.3 is 19.7 Å². The largest absolute Gasteiger partial charge is 0.467 e. The number of aromatic nitrogens is 3. The van der Waals surface area contributed by atoms with Crippen molar-refractivity contribution in [1.82, 2.24) is 25.2 Å². The summed E-state index contributed by atoms with van der Waals surface area (Å²) < 4.78 is 54.0. The van der Waals surface area contributed by atoms with E-state index in [1.54, 1.807) is 30.5 Å². The van der Waals surface area contributed by atoms with Crippen LogP contribution in [0.25, 0.3) is 32.9 Å². The summed E-state index contributed by atoms with van der Waals surface area (Å²) in [5, 5.41) is 5.09. The Hall–Kier alpha value is -3.98. The second kappa shape index (κ2) is 11.5. The van der Waals surface area contributed by atoms with Crippen LogP contribution in [0.2, 0.25) is 0 Å². The predicted molar refractivity (Wildman–Crippen MR) is 163 cm³/mol. The first kappa shape index (κ1) is 28.8. The van der Waals surface area contributed by atoms with E-state index in [-0.39, 0.29) is 28.3 Å². The van der Waals surface area contributed by atoms with Crippen LogP contribution in [0.15, 0.2) is 36.5 Å². The van der Waals surface area contributed by atoms with Gasteiger partial charge in [0.15, 0.2) is 5.82 Å². The molecule has 8 nitrogen and oxygen atoms in total. The van der Waals surface area contributed by atoms with E-state index in [1.165, 1.54) is 26.0 Å². The number of nitrogens with one attached hydrogen (secondary N) is 1. The van der Waals surface area contributed by atoms with Gasteiger partial charge in [-0.05, 0) is 37.3 Å². The van der Waals surface area contributed by atoms with E-state index in [1.807, 2.05) is 0 Å². The summed E-state index contributed by atoms with van der Waals surface area (Å²) in [5.41, 5.74) is 0.411. The molecule has 0 aliphatic carbocycles. The van der Waals surface area contributed by atoms with Gasteiger partial charge in [0.25, 0.3) is 0 Å². The number of methoxy groups -OCH3 is 1. The van der Waals surface area contributed by atoms with Gasteiger partial charge in [-0.15, -0.1) is 6.42 Å². The smallest absolute Gasteiger partial charge is 0.318 e. The summed E-state index contributed by atoms with van der Waals surface area (Å²) in [6.07, 6.45) is 9.98. The van der Waals surface area contributed by atoms with Gasteiger partial charge in [0.05, 0.1) is 36.8 Å². The number of fused-ring (bicyclic) bond motifs is 3. The second-order valence-corrected chi connectivity index (χ2v) is 11.9. The Morgan fingerprint density at radius 2 is 2.02 bits per heavy atom. The molecule has 4 aliphatic heterocycles. The normalized spacial score (nSPS) is 22.4. The lowest BCUT2D eigenvalue weighted by molar-refractivity contribution is -0.0743. The molecule has 1 N–H and O–H groups in total. The molecule has 11 heteroatoms. The molecule has 44 heavy (non-hydrogen) atoms. The zero-order valence-corrected chi connectivity index (χ0v) is 24.5. The average Bonchev–Trinajstić information content (AvgIpc) is 3.61. The standard InChI is InChI=1S/C26H21F2N5O2.C7H12FN/c1-3-16-19(27)8-7-15-5-4-6-17(20(15)16)22-21(28)23-18(11-29-22)24(32-25(31-23)34-2)33-10-9-30-26(12-33)13-35-14-26;8-6-4-7-2-1-3-9(7)5-6/h1,4-8,11,30H,9-10,12-14H2,2H3;6-7H,1-5H2. The van der Waals surface area contributed by atoms with Gasteiger partial charge in [-0.1, -0.05) is 30.2 Å². The molecular formula is C33H33F3N6O2. The zero-order valence-electron chi connectivity index (χ0n) is 24.5. The molecule has 8 rings (SSSR count). The molecule has 4 aliphatic rings. The van der Waals surface area contributed by atoms with Crippen molar-refractivity contribution in [2.45, 2.75) is 37.0 Å². The fourth-order valence-corrected chi connectivity index (χ4v) is 6.94. The highest BCUT2D eigenvalue weighted by atomic mass is 19.1. The molecule has 4 saturated heterocycles. The van der Waals surface area contributed by atoms with E-state index in [2.05, 4.69) is 36.0 Å². The first-order valence-electron chi connectivity index (χ1n) is 14.9. The van der Waals surface area contributed by atoms with Crippen LogP contribution in [0, 0.1) is 24.0 Å². The van der Waals surface area contributed by atoms with Gasteiger partial charge >= 0.3 is 6.01 Å². The number of alkyl halides is 1. The molecule has 2 aromatic carbocycles. The molecule has 6 heterocycles. The minimum atomic E-state index is -0.652. The van der Waals surface area contributed by atoms with Gasteiger partial charge in [0.1, 0.15) is 29.0 Å². The molecule has 2 aromatic heterocycles. The Morgan fingerprint density at radius 3 is 2.77 bits per heavy atom. The van der Waals surface area contributed by atoms with Crippen LogP contribution in [-0.4, -0.2) is 90.7 Å². The summed E-state index contributed by atoms with van der Waals surface area (Å²) in [6.45, 7) is 5.14. The van der Waals surface area contributed by atoms with E-state index < -0.39 is 17.8 Å². The Kier molecular flexibility index (Phi) is 7.52. The van der Waals surface area contributed by atoms with E-state index in [4.69, 9.17) is 15.9 Å². The monoisotopic (exact) mass is 602 g/mol. The lowest BCUT2D eigenvalue weighted by Crippen LogP contribution is -2.70. The molecule has 2 atom stereocenters. The third kappa shape index (κ3) is 5.01. The quantitative estimate of drug-likeness (QED) is 0.344. The summed E-state index contributed by atoms with van der Waals surface area (Å²) in [4.78, 5) is 17.7. The maximum absolute atomic E-state index is 16.1. The van der Waals surface area contributed by atoms with Crippen molar-refractivity contribution >= 4 is 27.5 Å². The third-order valence-electron chi connectivity index (χ3n) is 9.11. The number of hydrogen-bond donors (Lipinski definition) is 1. The lowest BCUT2D eigenvalue weighted by atomic mass is 9.94. The highest BCUT2D eigenvalue weighted by molar-refractivity contribution is 6.02. The van der Waals surface area contributed by atoms with Gasteiger partial charge in [-0.3, -0.25) is 9.88 Å². The fraction of sp³-hybridized carbons (Fsp3) is 0.424. The SMILES string of the molecule is C#Cc1c(F)ccc2cccc(-c3ncc4c(N5CCNC6(COC6)C5)nc(OC)nc4c3F)c12.FC1CC2CCCN2C1. The number of anilines is 1. The number of nitrogens with zero attached hydrogens (tertiary/aromatic N) is 5. The van der Waals surface area contributed by atoms with E-state index in [9.17, 15) is 8.78 Å².